The minimum atomic E-state index is -0.426. The molecule has 110 valence electrons. The van der Waals surface area contributed by atoms with Crippen LogP contribution in [0.3, 0.4) is 0 Å². The number of aromatic nitrogens is 1. The van der Waals surface area contributed by atoms with Gasteiger partial charge in [0, 0.05) is 6.20 Å². The molecule has 0 bridgehead atoms. The van der Waals surface area contributed by atoms with E-state index in [1.54, 1.807) is 36.5 Å². The van der Waals surface area contributed by atoms with Crippen molar-refractivity contribution in [1.29, 1.82) is 0 Å². The Labute approximate surface area is 126 Å². The molecule has 2 heterocycles. The molecule has 0 saturated heterocycles. The standard InChI is InChI=1S/C17H13FN2O2/c1-11-5-4-10-19-16(11)20-17(21)15-9-8-14(22-15)12-6-2-3-7-13(12)18/h2-10H,1H3,(H,19,20,21). The lowest BCUT2D eigenvalue weighted by Gasteiger charge is -2.05. The molecule has 0 spiro atoms. The summed E-state index contributed by atoms with van der Waals surface area (Å²) in [5.41, 5.74) is 1.16. The van der Waals surface area contributed by atoms with E-state index in [1.807, 2.05) is 13.0 Å². The van der Waals surface area contributed by atoms with Gasteiger partial charge in [-0.2, -0.15) is 0 Å². The normalized spacial score (nSPS) is 10.5. The second kappa shape index (κ2) is 5.81. The number of hydrogen-bond acceptors (Lipinski definition) is 3. The van der Waals surface area contributed by atoms with E-state index in [9.17, 15) is 9.18 Å². The van der Waals surface area contributed by atoms with Crippen LogP contribution in [0.5, 0.6) is 0 Å². The van der Waals surface area contributed by atoms with Crippen LogP contribution in [-0.4, -0.2) is 10.9 Å². The molecular weight excluding hydrogens is 283 g/mol. The molecule has 22 heavy (non-hydrogen) atoms. The Bertz CT molecular complexity index is 827. The van der Waals surface area contributed by atoms with Gasteiger partial charge in [0.25, 0.3) is 5.91 Å². The van der Waals surface area contributed by atoms with Gasteiger partial charge in [0.2, 0.25) is 0 Å². The second-order valence-electron chi connectivity index (χ2n) is 4.77. The molecule has 1 aromatic carbocycles. The number of furan rings is 1. The van der Waals surface area contributed by atoms with Crippen LogP contribution < -0.4 is 5.32 Å². The monoisotopic (exact) mass is 296 g/mol. The maximum absolute atomic E-state index is 13.7. The number of nitrogens with zero attached hydrogens (tertiary/aromatic N) is 1. The first kappa shape index (κ1) is 14.0. The molecule has 0 saturated carbocycles. The maximum atomic E-state index is 13.7. The molecule has 0 aliphatic rings. The Balaban J connectivity index is 1.84. The third-order valence-electron chi connectivity index (χ3n) is 3.21. The van der Waals surface area contributed by atoms with Crippen LogP contribution in [0.2, 0.25) is 0 Å². The van der Waals surface area contributed by atoms with Crippen LogP contribution in [0.25, 0.3) is 11.3 Å². The molecule has 0 fully saturated rings. The Morgan fingerprint density at radius 1 is 1.14 bits per heavy atom. The molecule has 3 rings (SSSR count). The molecule has 4 nitrogen and oxygen atoms in total. The highest BCUT2D eigenvalue weighted by Gasteiger charge is 2.15. The van der Waals surface area contributed by atoms with Crippen LogP contribution in [-0.2, 0) is 0 Å². The van der Waals surface area contributed by atoms with E-state index in [-0.39, 0.29) is 5.76 Å². The molecule has 0 aliphatic carbocycles. The van der Waals surface area contributed by atoms with E-state index >= 15 is 0 Å². The van der Waals surface area contributed by atoms with Gasteiger partial charge in [-0.15, -0.1) is 0 Å². The molecule has 3 aromatic rings. The van der Waals surface area contributed by atoms with Crippen molar-refractivity contribution in [2.45, 2.75) is 6.92 Å². The second-order valence-corrected chi connectivity index (χ2v) is 4.77. The van der Waals surface area contributed by atoms with E-state index in [0.29, 0.717) is 17.1 Å². The van der Waals surface area contributed by atoms with E-state index in [1.165, 1.54) is 12.1 Å². The van der Waals surface area contributed by atoms with Gasteiger partial charge in [0.15, 0.2) is 5.76 Å². The third-order valence-corrected chi connectivity index (χ3v) is 3.21. The quantitative estimate of drug-likeness (QED) is 0.793. The lowest BCUT2D eigenvalue weighted by Crippen LogP contribution is -2.12. The van der Waals surface area contributed by atoms with Crippen LogP contribution in [0.15, 0.2) is 59.1 Å². The van der Waals surface area contributed by atoms with E-state index in [0.717, 1.165) is 5.56 Å². The molecular formula is C17H13FN2O2. The zero-order valence-corrected chi connectivity index (χ0v) is 11.8. The van der Waals surface area contributed by atoms with E-state index in [2.05, 4.69) is 10.3 Å². The summed E-state index contributed by atoms with van der Waals surface area (Å²) in [6.45, 7) is 1.84. The minimum absolute atomic E-state index is 0.100. The Kier molecular flexibility index (Phi) is 3.70. The summed E-state index contributed by atoms with van der Waals surface area (Å²) in [6.07, 6.45) is 1.59. The van der Waals surface area contributed by atoms with Gasteiger partial charge in [0.05, 0.1) is 5.56 Å². The predicted molar refractivity (Wildman–Crippen MR) is 81.0 cm³/mol. The Morgan fingerprint density at radius 2 is 1.95 bits per heavy atom. The van der Waals surface area contributed by atoms with Gasteiger partial charge < -0.3 is 9.73 Å². The van der Waals surface area contributed by atoms with Gasteiger partial charge in [-0.1, -0.05) is 18.2 Å². The van der Waals surface area contributed by atoms with Crippen LogP contribution in [0.4, 0.5) is 10.2 Å². The Hall–Kier alpha value is -2.95. The van der Waals surface area contributed by atoms with Crippen molar-refractivity contribution in [3.63, 3.8) is 0 Å². The van der Waals surface area contributed by atoms with Crippen LogP contribution >= 0.6 is 0 Å². The van der Waals surface area contributed by atoms with Gasteiger partial charge in [-0.05, 0) is 42.8 Å². The summed E-state index contributed by atoms with van der Waals surface area (Å²) >= 11 is 0. The van der Waals surface area contributed by atoms with Crippen molar-refractivity contribution >= 4 is 11.7 Å². The SMILES string of the molecule is Cc1cccnc1NC(=O)c1ccc(-c2ccccc2F)o1. The zero-order valence-electron chi connectivity index (χ0n) is 11.8. The first-order valence-electron chi connectivity index (χ1n) is 6.73. The number of benzene rings is 1. The molecule has 0 atom stereocenters. The fourth-order valence-electron chi connectivity index (χ4n) is 2.05. The van der Waals surface area contributed by atoms with Crippen molar-refractivity contribution < 1.29 is 13.6 Å². The summed E-state index contributed by atoms with van der Waals surface area (Å²) in [6, 6.07) is 12.9. The average molecular weight is 296 g/mol. The lowest BCUT2D eigenvalue weighted by molar-refractivity contribution is 0.0997. The highest BCUT2D eigenvalue weighted by Crippen LogP contribution is 2.25. The van der Waals surface area contributed by atoms with Crippen molar-refractivity contribution in [2.24, 2.45) is 0 Å². The first-order valence-corrected chi connectivity index (χ1v) is 6.73. The molecule has 0 unspecified atom stereocenters. The number of amides is 1. The fourth-order valence-corrected chi connectivity index (χ4v) is 2.05. The van der Waals surface area contributed by atoms with Crippen molar-refractivity contribution in [3.05, 3.63) is 71.9 Å². The largest absolute Gasteiger partial charge is 0.451 e. The van der Waals surface area contributed by atoms with E-state index in [4.69, 9.17) is 4.42 Å². The van der Waals surface area contributed by atoms with Crippen molar-refractivity contribution in [3.8, 4) is 11.3 Å². The van der Waals surface area contributed by atoms with Gasteiger partial charge in [-0.3, -0.25) is 4.79 Å². The third kappa shape index (κ3) is 2.74. The Morgan fingerprint density at radius 3 is 2.73 bits per heavy atom. The van der Waals surface area contributed by atoms with Gasteiger partial charge in [-0.25, -0.2) is 9.37 Å². The van der Waals surface area contributed by atoms with Crippen molar-refractivity contribution in [1.82, 2.24) is 4.98 Å². The highest BCUT2D eigenvalue weighted by molar-refractivity contribution is 6.02. The topological polar surface area (TPSA) is 55.1 Å². The van der Waals surface area contributed by atoms with Gasteiger partial charge >= 0.3 is 0 Å². The lowest BCUT2D eigenvalue weighted by atomic mass is 10.1. The molecule has 1 N–H and O–H groups in total. The van der Waals surface area contributed by atoms with Crippen LogP contribution in [0, 0.1) is 12.7 Å². The van der Waals surface area contributed by atoms with Crippen molar-refractivity contribution in [2.75, 3.05) is 5.32 Å². The summed E-state index contributed by atoms with van der Waals surface area (Å²) in [7, 11) is 0. The number of nitrogens with one attached hydrogen (secondary N) is 1. The summed E-state index contributed by atoms with van der Waals surface area (Å²) in [5, 5.41) is 2.67. The first-order chi connectivity index (χ1) is 10.6. The predicted octanol–water partition coefficient (Wildman–Crippen LogP) is 4.04. The number of pyridine rings is 1. The minimum Gasteiger partial charge on any atom is -0.451 e. The average Bonchev–Trinajstić information content (AvgIpc) is 3.00. The number of halogens is 1. The number of carbonyl (C=O) groups excluding carboxylic acids is 1. The molecule has 0 aliphatic heterocycles. The molecule has 1 amide bonds. The fraction of sp³-hybridized carbons (Fsp3) is 0.0588. The summed E-state index contributed by atoms with van der Waals surface area (Å²) in [4.78, 5) is 16.2. The molecule has 0 radical (unpaired) electrons. The number of aryl methyl sites for hydroxylation is 1. The zero-order chi connectivity index (χ0) is 15.5. The smallest absolute Gasteiger partial charge is 0.292 e. The molecule has 2 aromatic heterocycles. The molecule has 5 heteroatoms. The number of rotatable bonds is 3. The number of hydrogen-bond donors (Lipinski definition) is 1. The van der Waals surface area contributed by atoms with Gasteiger partial charge in [0.1, 0.15) is 17.4 Å². The van der Waals surface area contributed by atoms with Crippen LogP contribution in [0.1, 0.15) is 16.1 Å². The van der Waals surface area contributed by atoms with E-state index < -0.39 is 11.7 Å². The number of carbonyl (C=O) groups is 1. The maximum Gasteiger partial charge on any atom is 0.292 e. The highest BCUT2D eigenvalue weighted by atomic mass is 19.1. The summed E-state index contributed by atoms with van der Waals surface area (Å²) < 4.78 is 19.2. The summed E-state index contributed by atoms with van der Waals surface area (Å²) in [5.74, 6) is 0.0504. The number of anilines is 1.